The van der Waals surface area contributed by atoms with Crippen molar-refractivity contribution in [3.63, 3.8) is 0 Å². The van der Waals surface area contributed by atoms with E-state index in [2.05, 4.69) is 10.6 Å². The van der Waals surface area contributed by atoms with Crippen molar-refractivity contribution in [3.05, 3.63) is 11.8 Å². The van der Waals surface area contributed by atoms with E-state index in [9.17, 15) is 4.79 Å². The lowest BCUT2D eigenvalue weighted by atomic mass is 9.97. The molecule has 1 aliphatic rings. The lowest BCUT2D eigenvalue weighted by molar-refractivity contribution is -0.125. The molecule has 74 valence electrons. The SMILES string of the molecule is C/C=C(\C)NC(=O)C1CCNCC1. The van der Waals surface area contributed by atoms with E-state index in [1.54, 1.807) is 0 Å². The zero-order chi connectivity index (χ0) is 9.68. The number of allylic oxidation sites excluding steroid dienone is 2. The van der Waals surface area contributed by atoms with Gasteiger partial charge in [-0.3, -0.25) is 4.79 Å². The summed E-state index contributed by atoms with van der Waals surface area (Å²) in [5, 5.41) is 6.14. The van der Waals surface area contributed by atoms with Crippen LogP contribution in [0.2, 0.25) is 0 Å². The Bertz CT molecular complexity index is 205. The summed E-state index contributed by atoms with van der Waals surface area (Å²) in [5.41, 5.74) is 0.948. The highest BCUT2D eigenvalue weighted by Crippen LogP contribution is 2.11. The van der Waals surface area contributed by atoms with Crippen LogP contribution in [-0.4, -0.2) is 19.0 Å². The van der Waals surface area contributed by atoms with Gasteiger partial charge < -0.3 is 10.6 Å². The molecule has 1 saturated heterocycles. The Morgan fingerprint density at radius 3 is 2.62 bits per heavy atom. The van der Waals surface area contributed by atoms with Crippen LogP contribution in [0.3, 0.4) is 0 Å². The molecule has 0 aromatic carbocycles. The molecule has 0 aromatic rings. The molecule has 2 N–H and O–H groups in total. The average Bonchev–Trinajstić information content (AvgIpc) is 2.19. The maximum Gasteiger partial charge on any atom is 0.227 e. The van der Waals surface area contributed by atoms with Gasteiger partial charge in [0.25, 0.3) is 0 Å². The van der Waals surface area contributed by atoms with Crippen molar-refractivity contribution in [1.29, 1.82) is 0 Å². The number of rotatable bonds is 2. The summed E-state index contributed by atoms with van der Waals surface area (Å²) >= 11 is 0. The number of piperidine rings is 1. The van der Waals surface area contributed by atoms with Crippen molar-refractivity contribution < 1.29 is 4.79 Å². The van der Waals surface area contributed by atoms with Crippen LogP contribution in [-0.2, 0) is 4.79 Å². The van der Waals surface area contributed by atoms with Crippen LogP contribution in [0.15, 0.2) is 11.8 Å². The fraction of sp³-hybridized carbons (Fsp3) is 0.700. The highest BCUT2D eigenvalue weighted by Gasteiger charge is 2.20. The molecule has 3 heteroatoms. The number of carbonyl (C=O) groups excluding carboxylic acids is 1. The Morgan fingerprint density at radius 2 is 2.08 bits per heavy atom. The van der Waals surface area contributed by atoms with Gasteiger partial charge in [0, 0.05) is 11.6 Å². The third-order valence-electron chi connectivity index (χ3n) is 2.46. The predicted octanol–water partition coefficient (Wildman–Crippen LogP) is 1.03. The van der Waals surface area contributed by atoms with Crippen LogP contribution in [0.1, 0.15) is 26.7 Å². The van der Waals surface area contributed by atoms with E-state index in [0.717, 1.165) is 31.6 Å². The molecule has 0 aromatic heterocycles. The van der Waals surface area contributed by atoms with E-state index >= 15 is 0 Å². The molecule has 1 aliphatic heterocycles. The fourth-order valence-corrected chi connectivity index (χ4v) is 1.45. The standard InChI is InChI=1S/C10H18N2O/c1-3-8(2)12-10(13)9-4-6-11-7-5-9/h3,9,11H,4-7H2,1-2H3,(H,12,13)/b8-3+. The highest BCUT2D eigenvalue weighted by atomic mass is 16.1. The second-order valence-corrected chi connectivity index (χ2v) is 3.49. The Labute approximate surface area is 79.6 Å². The van der Waals surface area contributed by atoms with Crippen molar-refractivity contribution in [2.24, 2.45) is 5.92 Å². The summed E-state index contributed by atoms with van der Waals surface area (Å²) in [7, 11) is 0. The summed E-state index contributed by atoms with van der Waals surface area (Å²) < 4.78 is 0. The van der Waals surface area contributed by atoms with Crippen LogP contribution in [0.5, 0.6) is 0 Å². The zero-order valence-corrected chi connectivity index (χ0v) is 8.39. The first-order valence-electron chi connectivity index (χ1n) is 4.88. The van der Waals surface area contributed by atoms with Gasteiger partial charge in [0.15, 0.2) is 0 Å². The molecular weight excluding hydrogens is 164 g/mol. The van der Waals surface area contributed by atoms with Gasteiger partial charge in [-0.1, -0.05) is 6.08 Å². The van der Waals surface area contributed by atoms with Gasteiger partial charge in [-0.05, 0) is 39.8 Å². The summed E-state index contributed by atoms with van der Waals surface area (Å²) in [6.45, 7) is 5.77. The van der Waals surface area contributed by atoms with Crippen molar-refractivity contribution in [3.8, 4) is 0 Å². The van der Waals surface area contributed by atoms with Gasteiger partial charge in [-0.2, -0.15) is 0 Å². The van der Waals surface area contributed by atoms with Crippen molar-refractivity contribution >= 4 is 5.91 Å². The third kappa shape index (κ3) is 3.19. The molecular formula is C10H18N2O. The molecule has 0 bridgehead atoms. The molecule has 1 amide bonds. The van der Waals surface area contributed by atoms with E-state index in [-0.39, 0.29) is 11.8 Å². The molecule has 0 unspecified atom stereocenters. The van der Waals surface area contributed by atoms with Crippen molar-refractivity contribution in [1.82, 2.24) is 10.6 Å². The molecule has 1 rings (SSSR count). The molecule has 0 atom stereocenters. The summed E-state index contributed by atoms with van der Waals surface area (Å²) in [6.07, 6.45) is 3.84. The lowest BCUT2D eigenvalue weighted by Gasteiger charge is -2.21. The van der Waals surface area contributed by atoms with Gasteiger partial charge in [-0.25, -0.2) is 0 Å². The molecule has 1 heterocycles. The fourth-order valence-electron chi connectivity index (χ4n) is 1.45. The van der Waals surface area contributed by atoms with Crippen LogP contribution < -0.4 is 10.6 Å². The maximum atomic E-state index is 11.6. The Morgan fingerprint density at radius 1 is 1.46 bits per heavy atom. The first-order valence-corrected chi connectivity index (χ1v) is 4.88. The van der Waals surface area contributed by atoms with E-state index in [1.165, 1.54) is 0 Å². The number of carbonyl (C=O) groups is 1. The molecule has 0 spiro atoms. The summed E-state index contributed by atoms with van der Waals surface area (Å²) in [5.74, 6) is 0.383. The van der Waals surface area contributed by atoms with Gasteiger partial charge in [0.2, 0.25) is 5.91 Å². The number of nitrogens with one attached hydrogen (secondary N) is 2. The lowest BCUT2D eigenvalue weighted by Crippen LogP contribution is -2.37. The minimum Gasteiger partial charge on any atom is -0.330 e. The molecule has 0 radical (unpaired) electrons. The van der Waals surface area contributed by atoms with Gasteiger partial charge in [0.05, 0.1) is 0 Å². The summed E-state index contributed by atoms with van der Waals surface area (Å²) in [6, 6.07) is 0. The Kier molecular flexibility index (Phi) is 3.96. The monoisotopic (exact) mass is 182 g/mol. The minimum absolute atomic E-state index is 0.178. The van der Waals surface area contributed by atoms with Crippen LogP contribution in [0, 0.1) is 5.92 Å². The zero-order valence-electron chi connectivity index (χ0n) is 8.39. The number of hydrogen-bond donors (Lipinski definition) is 2. The van der Waals surface area contributed by atoms with E-state index in [1.807, 2.05) is 19.9 Å². The predicted molar refractivity (Wildman–Crippen MR) is 53.2 cm³/mol. The van der Waals surface area contributed by atoms with Gasteiger partial charge in [-0.15, -0.1) is 0 Å². The highest BCUT2D eigenvalue weighted by molar-refractivity contribution is 5.80. The Balaban J connectivity index is 2.37. The van der Waals surface area contributed by atoms with Gasteiger partial charge in [0.1, 0.15) is 0 Å². The van der Waals surface area contributed by atoms with Gasteiger partial charge >= 0.3 is 0 Å². The molecule has 0 saturated carbocycles. The quantitative estimate of drug-likeness (QED) is 0.669. The van der Waals surface area contributed by atoms with Crippen LogP contribution in [0.4, 0.5) is 0 Å². The van der Waals surface area contributed by atoms with Crippen LogP contribution >= 0.6 is 0 Å². The normalized spacial score (nSPS) is 20.0. The van der Waals surface area contributed by atoms with Crippen molar-refractivity contribution in [2.45, 2.75) is 26.7 Å². The number of amides is 1. The third-order valence-corrected chi connectivity index (χ3v) is 2.46. The molecule has 13 heavy (non-hydrogen) atoms. The van der Waals surface area contributed by atoms with E-state index in [4.69, 9.17) is 0 Å². The smallest absolute Gasteiger partial charge is 0.227 e. The second-order valence-electron chi connectivity index (χ2n) is 3.49. The molecule has 0 aliphatic carbocycles. The van der Waals surface area contributed by atoms with E-state index < -0.39 is 0 Å². The molecule has 3 nitrogen and oxygen atoms in total. The van der Waals surface area contributed by atoms with Crippen molar-refractivity contribution in [2.75, 3.05) is 13.1 Å². The van der Waals surface area contributed by atoms with E-state index in [0.29, 0.717) is 0 Å². The number of hydrogen-bond acceptors (Lipinski definition) is 2. The molecule has 1 fully saturated rings. The largest absolute Gasteiger partial charge is 0.330 e. The Hall–Kier alpha value is -0.830. The average molecular weight is 182 g/mol. The summed E-state index contributed by atoms with van der Waals surface area (Å²) in [4.78, 5) is 11.6. The second kappa shape index (κ2) is 5.02. The minimum atomic E-state index is 0.178. The topological polar surface area (TPSA) is 41.1 Å². The first-order chi connectivity index (χ1) is 6.24. The maximum absolute atomic E-state index is 11.6. The first kappa shape index (κ1) is 10.3. The van der Waals surface area contributed by atoms with Crippen LogP contribution in [0.25, 0.3) is 0 Å².